The van der Waals surface area contributed by atoms with E-state index in [1.807, 2.05) is 18.2 Å². The van der Waals surface area contributed by atoms with Gasteiger partial charge in [-0.05, 0) is 28.4 Å². The highest BCUT2D eigenvalue weighted by atomic mass is 79.9. The molecule has 16 heavy (non-hydrogen) atoms. The van der Waals surface area contributed by atoms with E-state index in [1.54, 1.807) is 12.4 Å². The highest BCUT2D eigenvalue weighted by Gasteiger charge is 2.05. The maximum Gasteiger partial charge on any atom is 0.223 e. The van der Waals surface area contributed by atoms with Gasteiger partial charge in [-0.15, -0.1) is 0 Å². The van der Waals surface area contributed by atoms with Gasteiger partial charge in [0.15, 0.2) is 0 Å². The fraction of sp³-hybridized carbons (Fsp3) is 0.167. The first kappa shape index (κ1) is 11.1. The average molecular weight is 278 g/mol. The molecule has 0 aliphatic rings. The topological polar surface area (TPSA) is 37.8 Å². The number of rotatable bonds is 3. The predicted octanol–water partition coefficient (Wildman–Crippen LogP) is 3.41. The number of hydrogen-bond donors (Lipinski definition) is 1. The van der Waals surface area contributed by atoms with Crippen LogP contribution in [0.25, 0.3) is 0 Å². The van der Waals surface area contributed by atoms with Crippen LogP contribution >= 0.6 is 15.9 Å². The van der Waals surface area contributed by atoms with E-state index in [0.717, 1.165) is 4.47 Å². The summed E-state index contributed by atoms with van der Waals surface area (Å²) < 4.78 is 0.880. The molecule has 82 valence electrons. The highest BCUT2D eigenvalue weighted by molar-refractivity contribution is 9.10. The minimum Gasteiger partial charge on any atom is -0.348 e. The molecule has 2 rings (SSSR count). The lowest BCUT2D eigenvalue weighted by atomic mass is 10.1. The number of nitrogens with one attached hydrogen (secondary N) is 1. The summed E-state index contributed by atoms with van der Waals surface area (Å²) in [6, 6.07) is 10.4. The molecule has 2 aromatic rings. The van der Waals surface area contributed by atoms with Crippen molar-refractivity contribution < 1.29 is 0 Å². The lowest BCUT2D eigenvalue weighted by Gasteiger charge is -2.13. The molecule has 1 aromatic carbocycles. The summed E-state index contributed by atoms with van der Waals surface area (Å²) in [6.45, 7) is 2.08. The van der Waals surface area contributed by atoms with Crippen molar-refractivity contribution in [1.82, 2.24) is 9.97 Å². The van der Waals surface area contributed by atoms with Gasteiger partial charge in [0, 0.05) is 12.4 Å². The van der Waals surface area contributed by atoms with Crippen LogP contribution in [0.2, 0.25) is 0 Å². The van der Waals surface area contributed by atoms with E-state index in [2.05, 4.69) is 50.3 Å². The lowest BCUT2D eigenvalue weighted by Crippen LogP contribution is -2.08. The number of anilines is 1. The van der Waals surface area contributed by atoms with Crippen LogP contribution in [0.4, 0.5) is 5.95 Å². The molecule has 0 amide bonds. The van der Waals surface area contributed by atoms with Crippen molar-refractivity contribution in [2.45, 2.75) is 13.0 Å². The van der Waals surface area contributed by atoms with Crippen molar-refractivity contribution >= 4 is 21.9 Å². The summed E-state index contributed by atoms with van der Waals surface area (Å²) in [5.41, 5.74) is 1.22. The van der Waals surface area contributed by atoms with Crippen LogP contribution in [0.15, 0.2) is 47.2 Å². The zero-order valence-electron chi connectivity index (χ0n) is 8.89. The number of hydrogen-bond acceptors (Lipinski definition) is 3. The van der Waals surface area contributed by atoms with Crippen molar-refractivity contribution in [2.24, 2.45) is 0 Å². The fourth-order valence-corrected chi connectivity index (χ4v) is 1.61. The Bertz CT molecular complexity index is 442. The molecule has 0 saturated carbocycles. The van der Waals surface area contributed by atoms with E-state index in [-0.39, 0.29) is 6.04 Å². The maximum atomic E-state index is 4.17. The Morgan fingerprint density at radius 1 is 1.12 bits per heavy atom. The third-order valence-corrected chi connectivity index (χ3v) is 2.68. The molecule has 0 saturated heterocycles. The molecular formula is C12H12BrN3. The molecular weight excluding hydrogens is 266 g/mol. The van der Waals surface area contributed by atoms with Crippen molar-refractivity contribution in [1.29, 1.82) is 0 Å². The standard InChI is InChI=1S/C12H12BrN3/c1-9(10-5-3-2-4-6-10)16-12-14-7-11(13)8-15-12/h2-9H,1H3,(H,14,15,16). The molecule has 3 nitrogen and oxygen atoms in total. The Labute approximate surface area is 103 Å². The second-order valence-electron chi connectivity index (χ2n) is 3.50. The van der Waals surface area contributed by atoms with E-state index in [1.165, 1.54) is 5.56 Å². The molecule has 0 aliphatic heterocycles. The first-order valence-corrected chi connectivity index (χ1v) is 5.84. The second-order valence-corrected chi connectivity index (χ2v) is 4.42. The van der Waals surface area contributed by atoms with Crippen LogP contribution in [0.3, 0.4) is 0 Å². The quantitative estimate of drug-likeness (QED) is 0.934. The van der Waals surface area contributed by atoms with Gasteiger partial charge in [0.05, 0.1) is 10.5 Å². The molecule has 4 heteroatoms. The normalized spacial score (nSPS) is 12.1. The molecule has 0 aliphatic carbocycles. The van der Waals surface area contributed by atoms with Gasteiger partial charge in [-0.3, -0.25) is 0 Å². The lowest BCUT2D eigenvalue weighted by molar-refractivity contribution is 0.859. The molecule has 1 atom stereocenters. The molecule has 1 N–H and O–H groups in total. The third kappa shape index (κ3) is 2.79. The Morgan fingerprint density at radius 3 is 2.38 bits per heavy atom. The molecule has 1 heterocycles. The molecule has 0 bridgehead atoms. The summed E-state index contributed by atoms with van der Waals surface area (Å²) in [7, 11) is 0. The van der Waals surface area contributed by atoms with Crippen molar-refractivity contribution in [3.05, 3.63) is 52.8 Å². The van der Waals surface area contributed by atoms with Crippen LogP contribution in [0.5, 0.6) is 0 Å². The Morgan fingerprint density at radius 2 is 1.75 bits per heavy atom. The van der Waals surface area contributed by atoms with E-state index >= 15 is 0 Å². The average Bonchev–Trinajstić information content (AvgIpc) is 2.33. The van der Waals surface area contributed by atoms with Crippen molar-refractivity contribution in [3.8, 4) is 0 Å². The van der Waals surface area contributed by atoms with Crippen LogP contribution in [0, 0.1) is 0 Å². The van der Waals surface area contributed by atoms with Crippen LogP contribution in [0.1, 0.15) is 18.5 Å². The second kappa shape index (κ2) is 5.07. The summed E-state index contributed by atoms with van der Waals surface area (Å²) in [4.78, 5) is 8.35. The summed E-state index contributed by atoms with van der Waals surface area (Å²) in [5.74, 6) is 0.638. The summed E-state index contributed by atoms with van der Waals surface area (Å²) in [5, 5.41) is 3.24. The van der Waals surface area contributed by atoms with Gasteiger partial charge in [-0.2, -0.15) is 0 Å². The van der Waals surface area contributed by atoms with Crippen molar-refractivity contribution in [2.75, 3.05) is 5.32 Å². The number of benzene rings is 1. The van der Waals surface area contributed by atoms with E-state index < -0.39 is 0 Å². The minimum absolute atomic E-state index is 0.197. The molecule has 0 radical (unpaired) electrons. The molecule has 0 spiro atoms. The molecule has 0 fully saturated rings. The Hall–Kier alpha value is -1.42. The first-order valence-electron chi connectivity index (χ1n) is 5.05. The van der Waals surface area contributed by atoms with Crippen LogP contribution in [-0.4, -0.2) is 9.97 Å². The van der Waals surface area contributed by atoms with Gasteiger partial charge < -0.3 is 5.32 Å². The number of aromatic nitrogens is 2. The fourth-order valence-electron chi connectivity index (χ4n) is 1.41. The van der Waals surface area contributed by atoms with E-state index in [4.69, 9.17) is 0 Å². The Balaban J connectivity index is 2.08. The van der Waals surface area contributed by atoms with Crippen LogP contribution in [-0.2, 0) is 0 Å². The van der Waals surface area contributed by atoms with Gasteiger partial charge in [-0.1, -0.05) is 30.3 Å². The van der Waals surface area contributed by atoms with Gasteiger partial charge in [0.1, 0.15) is 0 Å². The summed E-state index contributed by atoms with van der Waals surface area (Å²) >= 11 is 3.30. The van der Waals surface area contributed by atoms with Gasteiger partial charge in [-0.25, -0.2) is 9.97 Å². The maximum absolute atomic E-state index is 4.17. The van der Waals surface area contributed by atoms with Gasteiger partial charge in [0.25, 0.3) is 0 Å². The zero-order chi connectivity index (χ0) is 11.4. The third-order valence-electron chi connectivity index (χ3n) is 2.27. The Kier molecular flexibility index (Phi) is 3.51. The smallest absolute Gasteiger partial charge is 0.223 e. The number of nitrogens with zero attached hydrogens (tertiary/aromatic N) is 2. The monoisotopic (exact) mass is 277 g/mol. The van der Waals surface area contributed by atoms with Gasteiger partial charge >= 0.3 is 0 Å². The van der Waals surface area contributed by atoms with Crippen LogP contribution < -0.4 is 5.32 Å². The first-order chi connectivity index (χ1) is 7.75. The highest BCUT2D eigenvalue weighted by Crippen LogP contribution is 2.16. The SMILES string of the molecule is CC(Nc1ncc(Br)cn1)c1ccccc1. The summed E-state index contributed by atoms with van der Waals surface area (Å²) in [6.07, 6.45) is 3.46. The molecule has 1 unspecified atom stereocenters. The predicted molar refractivity (Wildman–Crippen MR) is 68.2 cm³/mol. The van der Waals surface area contributed by atoms with E-state index in [0.29, 0.717) is 5.95 Å². The number of halogens is 1. The zero-order valence-corrected chi connectivity index (χ0v) is 10.5. The van der Waals surface area contributed by atoms with Crippen molar-refractivity contribution in [3.63, 3.8) is 0 Å². The minimum atomic E-state index is 0.197. The largest absolute Gasteiger partial charge is 0.348 e. The van der Waals surface area contributed by atoms with E-state index in [9.17, 15) is 0 Å². The molecule has 1 aromatic heterocycles. The van der Waals surface area contributed by atoms with Gasteiger partial charge in [0.2, 0.25) is 5.95 Å².